The number of nitrogens with zero attached hydrogens (tertiary/aromatic N) is 5. The molecule has 3 rings (SSSR count). The summed E-state index contributed by atoms with van der Waals surface area (Å²) in [5, 5.41) is 1.67. The monoisotopic (exact) mass is 307 g/mol. The molecule has 0 aromatic carbocycles. The van der Waals surface area contributed by atoms with Crippen LogP contribution in [0.3, 0.4) is 0 Å². The Morgan fingerprint density at radius 3 is 2.65 bits per heavy atom. The van der Waals surface area contributed by atoms with Crippen molar-refractivity contribution in [2.75, 3.05) is 18.0 Å². The number of rotatable bonds is 3. The van der Waals surface area contributed by atoms with Crippen LogP contribution in [-0.4, -0.2) is 33.0 Å². The highest BCUT2D eigenvalue weighted by Crippen LogP contribution is 2.25. The normalized spacial score (nSPS) is 15.3. The van der Waals surface area contributed by atoms with Gasteiger partial charge >= 0.3 is 0 Å². The maximum Gasteiger partial charge on any atom is 0.230 e. The standard InChI is InChI=1S/C13H14ClN5S/c14-11-16-12(19-8-4-1-5-9-19)18-13(17-11)20-10-6-2-3-7-15-10/h2-3,6-7H,1,4-5,8-9H2. The maximum absolute atomic E-state index is 6.01. The van der Waals surface area contributed by atoms with Gasteiger partial charge in [0.25, 0.3) is 0 Å². The van der Waals surface area contributed by atoms with Crippen LogP contribution in [0.4, 0.5) is 5.95 Å². The summed E-state index contributed by atoms with van der Waals surface area (Å²) in [6.07, 6.45) is 5.36. The number of piperidine rings is 1. The zero-order chi connectivity index (χ0) is 13.8. The average Bonchev–Trinajstić information content (AvgIpc) is 2.49. The van der Waals surface area contributed by atoms with Gasteiger partial charge in [-0.25, -0.2) is 4.98 Å². The van der Waals surface area contributed by atoms with Gasteiger partial charge < -0.3 is 4.90 Å². The third-order valence-corrected chi connectivity index (χ3v) is 4.03. The minimum Gasteiger partial charge on any atom is -0.341 e. The smallest absolute Gasteiger partial charge is 0.230 e. The third kappa shape index (κ3) is 3.37. The highest BCUT2D eigenvalue weighted by molar-refractivity contribution is 7.99. The lowest BCUT2D eigenvalue weighted by Crippen LogP contribution is -2.31. The Morgan fingerprint density at radius 2 is 1.90 bits per heavy atom. The van der Waals surface area contributed by atoms with Gasteiger partial charge in [-0.3, -0.25) is 0 Å². The van der Waals surface area contributed by atoms with Crippen molar-refractivity contribution in [2.24, 2.45) is 0 Å². The molecule has 20 heavy (non-hydrogen) atoms. The van der Waals surface area contributed by atoms with Gasteiger partial charge in [0, 0.05) is 19.3 Å². The van der Waals surface area contributed by atoms with Crippen molar-refractivity contribution < 1.29 is 0 Å². The molecular formula is C13H14ClN5S. The predicted octanol–water partition coefficient (Wildman–Crippen LogP) is 3.06. The minimum absolute atomic E-state index is 0.235. The van der Waals surface area contributed by atoms with Crippen LogP contribution in [0.2, 0.25) is 5.28 Å². The van der Waals surface area contributed by atoms with E-state index in [1.54, 1.807) is 6.20 Å². The molecule has 0 saturated carbocycles. The quantitative estimate of drug-likeness (QED) is 0.868. The molecule has 0 spiro atoms. The van der Waals surface area contributed by atoms with E-state index in [-0.39, 0.29) is 5.28 Å². The molecule has 0 unspecified atom stereocenters. The van der Waals surface area contributed by atoms with Crippen molar-refractivity contribution in [3.63, 3.8) is 0 Å². The van der Waals surface area contributed by atoms with E-state index >= 15 is 0 Å². The van der Waals surface area contributed by atoms with Crippen LogP contribution >= 0.6 is 23.4 Å². The lowest BCUT2D eigenvalue weighted by atomic mass is 10.1. The van der Waals surface area contributed by atoms with E-state index in [9.17, 15) is 0 Å². The lowest BCUT2D eigenvalue weighted by Gasteiger charge is -2.26. The van der Waals surface area contributed by atoms with Crippen molar-refractivity contribution in [3.05, 3.63) is 29.7 Å². The fourth-order valence-electron chi connectivity index (χ4n) is 2.10. The zero-order valence-corrected chi connectivity index (χ0v) is 12.4. The second-order valence-corrected chi connectivity index (χ2v) is 5.83. The largest absolute Gasteiger partial charge is 0.341 e. The summed E-state index contributed by atoms with van der Waals surface area (Å²) < 4.78 is 0. The second kappa shape index (κ2) is 6.37. The zero-order valence-electron chi connectivity index (χ0n) is 10.9. The first-order valence-corrected chi connectivity index (χ1v) is 7.76. The van der Waals surface area contributed by atoms with Gasteiger partial charge in [-0.2, -0.15) is 15.0 Å². The van der Waals surface area contributed by atoms with Gasteiger partial charge in [-0.05, 0) is 54.8 Å². The lowest BCUT2D eigenvalue weighted by molar-refractivity contribution is 0.564. The number of halogens is 1. The summed E-state index contributed by atoms with van der Waals surface area (Å²) in [5.41, 5.74) is 0. The summed E-state index contributed by atoms with van der Waals surface area (Å²) in [4.78, 5) is 19.3. The van der Waals surface area contributed by atoms with E-state index in [1.807, 2.05) is 18.2 Å². The van der Waals surface area contributed by atoms with E-state index < -0.39 is 0 Å². The SMILES string of the molecule is Clc1nc(Sc2ccccn2)nc(N2CCCCC2)n1. The average molecular weight is 308 g/mol. The molecule has 2 aromatic rings. The molecule has 2 aromatic heterocycles. The van der Waals surface area contributed by atoms with Crippen molar-refractivity contribution in [1.82, 2.24) is 19.9 Å². The fourth-order valence-corrected chi connectivity index (χ4v) is 3.02. The first-order chi connectivity index (χ1) is 9.81. The van der Waals surface area contributed by atoms with Gasteiger partial charge in [-0.1, -0.05) is 6.07 Å². The third-order valence-electron chi connectivity index (χ3n) is 3.05. The minimum atomic E-state index is 0.235. The van der Waals surface area contributed by atoms with E-state index in [4.69, 9.17) is 11.6 Å². The van der Waals surface area contributed by atoms with Crippen molar-refractivity contribution in [2.45, 2.75) is 29.4 Å². The Morgan fingerprint density at radius 1 is 1.05 bits per heavy atom. The molecule has 0 bridgehead atoms. The Labute approximate surface area is 126 Å². The number of aromatic nitrogens is 4. The van der Waals surface area contributed by atoms with E-state index in [0.29, 0.717) is 11.1 Å². The highest BCUT2D eigenvalue weighted by Gasteiger charge is 2.16. The van der Waals surface area contributed by atoms with Crippen LogP contribution < -0.4 is 4.90 Å². The van der Waals surface area contributed by atoms with Crippen molar-refractivity contribution in [3.8, 4) is 0 Å². The van der Waals surface area contributed by atoms with E-state index in [2.05, 4.69) is 24.8 Å². The first-order valence-electron chi connectivity index (χ1n) is 6.57. The molecule has 0 amide bonds. The van der Waals surface area contributed by atoms with E-state index in [0.717, 1.165) is 18.1 Å². The molecule has 5 nitrogen and oxygen atoms in total. The van der Waals surface area contributed by atoms with Crippen LogP contribution in [0.15, 0.2) is 34.6 Å². The van der Waals surface area contributed by atoms with Crippen LogP contribution in [0, 0.1) is 0 Å². The Bertz CT molecular complexity index is 574. The molecule has 1 aliphatic rings. The van der Waals surface area contributed by atoms with Crippen molar-refractivity contribution in [1.29, 1.82) is 0 Å². The highest BCUT2D eigenvalue weighted by atomic mass is 35.5. The molecule has 0 radical (unpaired) electrons. The molecule has 0 atom stereocenters. The summed E-state index contributed by atoms with van der Waals surface area (Å²) >= 11 is 7.41. The number of pyridine rings is 1. The van der Waals surface area contributed by atoms with Crippen LogP contribution in [0.5, 0.6) is 0 Å². The van der Waals surface area contributed by atoms with Crippen molar-refractivity contribution >= 4 is 29.3 Å². The summed E-state index contributed by atoms with van der Waals surface area (Å²) in [7, 11) is 0. The summed E-state index contributed by atoms with van der Waals surface area (Å²) in [5.74, 6) is 0.670. The predicted molar refractivity (Wildman–Crippen MR) is 79.3 cm³/mol. The van der Waals surface area contributed by atoms with Crippen LogP contribution in [0.1, 0.15) is 19.3 Å². The number of hydrogen-bond acceptors (Lipinski definition) is 6. The second-order valence-electron chi connectivity index (χ2n) is 4.50. The first kappa shape index (κ1) is 13.6. The molecule has 1 saturated heterocycles. The molecular weight excluding hydrogens is 294 g/mol. The molecule has 3 heterocycles. The molecule has 7 heteroatoms. The van der Waals surface area contributed by atoms with Gasteiger partial charge in [0.05, 0.1) is 0 Å². The number of anilines is 1. The van der Waals surface area contributed by atoms with E-state index in [1.165, 1.54) is 31.0 Å². The summed E-state index contributed by atoms with van der Waals surface area (Å²) in [6.45, 7) is 1.96. The fraction of sp³-hybridized carbons (Fsp3) is 0.385. The Balaban J connectivity index is 1.82. The Kier molecular flexibility index (Phi) is 4.32. The van der Waals surface area contributed by atoms with Crippen LogP contribution in [-0.2, 0) is 0 Å². The van der Waals surface area contributed by atoms with Gasteiger partial charge in [-0.15, -0.1) is 0 Å². The molecule has 0 aliphatic carbocycles. The van der Waals surface area contributed by atoms with Gasteiger partial charge in [0.1, 0.15) is 5.03 Å². The van der Waals surface area contributed by atoms with Gasteiger partial charge in [0.2, 0.25) is 11.2 Å². The van der Waals surface area contributed by atoms with Gasteiger partial charge in [0.15, 0.2) is 5.16 Å². The Hall–Kier alpha value is -1.40. The molecule has 104 valence electrons. The van der Waals surface area contributed by atoms with Crippen LogP contribution in [0.25, 0.3) is 0 Å². The topological polar surface area (TPSA) is 54.8 Å². The molecule has 1 fully saturated rings. The number of hydrogen-bond donors (Lipinski definition) is 0. The summed E-state index contributed by atoms with van der Waals surface area (Å²) in [6, 6.07) is 5.73. The molecule has 1 aliphatic heterocycles. The molecule has 0 N–H and O–H groups in total. The maximum atomic E-state index is 6.01.